The van der Waals surface area contributed by atoms with Crippen LogP contribution in [0.2, 0.25) is 0 Å². The topological polar surface area (TPSA) is 54.9 Å². The molecule has 0 amide bonds. The van der Waals surface area contributed by atoms with E-state index in [2.05, 4.69) is 4.98 Å². The van der Waals surface area contributed by atoms with Gasteiger partial charge in [-0.15, -0.1) is 0 Å². The summed E-state index contributed by atoms with van der Waals surface area (Å²) >= 11 is 1.58. The van der Waals surface area contributed by atoms with Crippen LogP contribution in [-0.2, 0) is 0 Å². The van der Waals surface area contributed by atoms with Crippen molar-refractivity contribution < 1.29 is 0 Å². The van der Waals surface area contributed by atoms with Gasteiger partial charge in [0.05, 0.1) is 16.6 Å². The van der Waals surface area contributed by atoms with Crippen LogP contribution >= 0.6 is 11.8 Å². The summed E-state index contributed by atoms with van der Waals surface area (Å²) in [6.07, 6.45) is 0. The summed E-state index contributed by atoms with van der Waals surface area (Å²) in [7, 11) is 0. The molecule has 1 N–H and O–H groups in total. The van der Waals surface area contributed by atoms with E-state index in [1.54, 1.807) is 22.4 Å². The van der Waals surface area contributed by atoms with Crippen LogP contribution in [0, 0.1) is 0 Å². The summed E-state index contributed by atoms with van der Waals surface area (Å²) < 4.78 is 1.58. The molecule has 0 bridgehead atoms. The van der Waals surface area contributed by atoms with Crippen LogP contribution in [-0.4, -0.2) is 9.55 Å². The molecule has 0 radical (unpaired) electrons. The average molecular weight is 268 g/mol. The molecule has 92 valence electrons. The van der Waals surface area contributed by atoms with Gasteiger partial charge in [-0.05, 0) is 24.3 Å². The van der Waals surface area contributed by atoms with Crippen molar-refractivity contribution in [1.82, 2.24) is 9.55 Å². The van der Waals surface area contributed by atoms with Crippen molar-refractivity contribution in [2.24, 2.45) is 0 Å². The predicted molar refractivity (Wildman–Crippen MR) is 74.3 cm³/mol. The number of rotatable bonds is 0. The van der Waals surface area contributed by atoms with Crippen LogP contribution in [0.25, 0.3) is 16.6 Å². The summed E-state index contributed by atoms with van der Waals surface area (Å²) in [4.78, 5) is 28.3. The molecule has 5 heteroatoms. The van der Waals surface area contributed by atoms with Gasteiger partial charge in [-0.25, -0.2) is 4.79 Å². The number of H-pyrrole nitrogens is 1. The van der Waals surface area contributed by atoms with Crippen LogP contribution < -0.4 is 11.2 Å². The molecule has 0 aliphatic carbocycles. The summed E-state index contributed by atoms with van der Waals surface area (Å²) in [6, 6.07) is 13.2. The Labute approximate surface area is 111 Å². The van der Waals surface area contributed by atoms with E-state index in [1.165, 1.54) is 0 Å². The van der Waals surface area contributed by atoms with Gasteiger partial charge < -0.3 is 0 Å². The molecular weight excluding hydrogens is 260 g/mol. The highest BCUT2D eigenvalue weighted by molar-refractivity contribution is 7.99. The molecule has 3 aromatic rings. The predicted octanol–water partition coefficient (Wildman–Crippen LogP) is 2.14. The minimum Gasteiger partial charge on any atom is -0.273 e. The number of nitrogens with zero attached hydrogens (tertiary/aromatic N) is 1. The number of hydrogen-bond donors (Lipinski definition) is 1. The number of fused-ring (bicyclic) bond motifs is 2. The standard InChI is InChI=1S/C14H8N2O2S/c17-13-8-4-3-7-11-12(8)16(14(18)15-13)9-5-1-2-6-10(9)19-11/h1-7H,(H,15,17,18). The van der Waals surface area contributed by atoms with E-state index in [0.717, 1.165) is 15.5 Å². The zero-order valence-electron chi connectivity index (χ0n) is 9.71. The highest BCUT2D eigenvalue weighted by Gasteiger charge is 2.20. The molecule has 1 aliphatic rings. The Morgan fingerprint density at radius 2 is 1.74 bits per heavy atom. The maximum Gasteiger partial charge on any atom is 0.333 e. The average Bonchev–Trinajstić information content (AvgIpc) is 2.42. The van der Waals surface area contributed by atoms with Crippen LogP contribution in [0.15, 0.2) is 61.8 Å². The lowest BCUT2D eigenvalue weighted by Crippen LogP contribution is -2.30. The lowest BCUT2D eigenvalue weighted by atomic mass is 10.2. The van der Waals surface area contributed by atoms with Gasteiger partial charge in [0.15, 0.2) is 0 Å². The van der Waals surface area contributed by atoms with Gasteiger partial charge in [-0.2, -0.15) is 0 Å². The largest absolute Gasteiger partial charge is 0.333 e. The smallest absolute Gasteiger partial charge is 0.273 e. The molecule has 1 aliphatic heterocycles. The third-order valence-electron chi connectivity index (χ3n) is 3.22. The number of hydrogen-bond acceptors (Lipinski definition) is 3. The number of benzene rings is 2. The summed E-state index contributed by atoms with van der Waals surface area (Å²) in [5.74, 6) is 0. The normalized spacial score (nSPS) is 12.4. The van der Waals surface area contributed by atoms with Crippen LogP contribution in [0.5, 0.6) is 0 Å². The molecule has 0 unspecified atom stereocenters. The molecule has 2 aromatic carbocycles. The Bertz CT molecular complexity index is 940. The summed E-state index contributed by atoms with van der Waals surface area (Å²) in [5.41, 5.74) is 0.785. The maximum atomic E-state index is 12.1. The fourth-order valence-corrected chi connectivity index (χ4v) is 3.51. The van der Waals surface area contributed by atoms with Gasteiger partial charge in [0.2, 0.25) is 0 Å². The second kappa shape index (κ2) is 3.61. The second-order valence-electron chi connectivity index (χ2n) is 4.32. The van der Waals surface area contributed by atoms with Crippen molar-refractivity contribution in [2.75, 3.05) is 0 Å². The summed E-state index contributed by atoms with van der Waals surface area (Å²) in [5, 5.41) is 0.541. The first-order chi connectivity index (χ1) is 9.25. The summed E-state index contributed by atoms with van der Waals surface area (Å²) in [6.45, 7) is 0. The van der Waals surface area contributed by atoms with Crippen molar-refractivity contribution >= 4 is 22.7 Å². The number of nitrogens with one attached hydrogen (secondary N) is 1. The molecule has 2 heterocycles. The fraction of sp³-hybridized carbons (Fsp3) is 0. The van der Waals surface area contributed by atoms with E-state index in [1.807, 2.05) is 36.4 Å². The third-order valence-corrected chi connectivity index (χ3v) is 4.33. The minimum absolute atomic E-state index is 0.335. The zero-order valence-corrected chi connectivity index (χ0v) is 10.5. The van der Waals surface area contributed by atoms with E-state index in [4.69, 9.17) is 0 Å². The van der Waals surface area contributed by atoms with Gasteiger partial charge in [0.1, 0.15) is 0 Å². The van der Waals surface area contributed by atoms with E-state index in [-0.39, 0.29) is 5.56 Å². The van der Waals surface area contributed by atoms with E-state index >= 15 is 0 Å². The lowest BCUT2D eigenvalue weighted by Gasteiger charge is -2.20. The van der Waals surface area contributed by atoms with Crippen molar-refractivity contribution in [3.8, 4) is 5.69 Å². The highest BCUT2D eigenvalue weighted by Crippen LogP contribution is 2.40. The van der Waals surface area contributed by atoms with Gasteiger partial charge in [0, 0.05) is 9.79 Å². The first-order valence-corrected chi connectivity index (χ1v) is 6.63. The van der Waals surface area contributed by atoms with Gasteiger partial charge >= 0.3 is 5.69 Å². The molecule has 4 rings (SSSR count). The van der Waals surface area contributed by atoms with E-state index in [9.17, 15) is 9.59 Å². The zero-order chi connectivity index (χ0) is 13.0. The molecule has 0 atom stereocenters. The number of para-hydroxylation sites is 2. The van der Waals surface area contributed by atoms with Gasteiger partial charge in [0.25, 0.3) is 5.56 Å². The highest BCUT2D eigenvalue weighted by atomic mass is 32.2. The minimum atomic E-state index is -0.391. The lowest BCUT2D eigenvalue weighted by molar-refractivity contribution is 0.909. The first-order valence-electron chi connectivity index (χ1n) is 5.81. The molecule has 0 spiro atoms. The molecule has 19 heavy (non-hydrogen) atoms. The Hall–Kier alpha value is -2.27. The number of aromatic amines is 1. The SMILES string of the molecule is O=c1[nH]c(=O)n2c3c(cccc13)Sc1ccccc1-2. The van der Waals surface area contributed by atoms with Crippen molar-refractivity contribution in [2.45, 2.75) is 9.79 Å². The molecule has 0 saturated heterocycles. The van der Waals surface area contributed by atoms with E-state index in [0.29, 0.717) is 10.9 Å². The molecule has 4 nitrogen and oxygen atoms in total. The fourth-order valence-electron chi connectivity index (χ4n) is 2.42. The second-order valence-corrected chi connectivity index (χ2v) is 5.40. The Morgan fingerprint density at radius 3 is 2.63 bits per heavy atom. The Kier molecular flexibility index (Phi) is 2.02. The van der Waals surface area contributed by atoms with Crippen LogP contribution in [0.4, 0.5) is 0 Å². The Morgan fingerprint density at radius 1 is 0.947 bits per heavy atom. The van der Waals surface area contributed by atoms with Crippen molar-refractivity contribution in [3.05, 3.63) is 63.3 Å². The number of aromatic nitrogens is 2. The molecule has 0 saturated carbocycles. The van der Waals surface area contributed by atoms with Crippen LogP contribution in [0.3, 0.4) is 0 Å². The maximum absolute atomic E-state index is 12.1. The van der Waals surface area contributed by atoms with Gasteiger partial charge in [-0.1, -0.05) is 30.0 Å². The molecular formula is C14H8N2O2S. The molecule has 1 aromatic heterocycles. The van der Waals surface area contributed by atoms with Gasteiger partial charge in [-0.3, -0.25) is 14.3 Å². The van der Waals surface area contributed by atoms with Crippen molar-refractivity contribution in [1.29, 1.82) is 0 Å². The van der Waals surface area contributed by atoms with E-state index < -0.39 is 5.69 Å². The monoisotopic (exact) mass is 268 g/mol. The van der Waals surface area contributed by atoms with Crippen LogP contribution in [0.1, 0.15) is 0 Å². The quantitative estimate of drug-likeness (QED) is 0.531. The third kappa shape index (κ3) is 1.36. The first kappa shape index (κ1) is 10.6. The Balaban J connectivity index is 2.33. The molecule has 0 fully saturated rings. The van der Waals surface area contributed by atoms with Crippen molar-refractivity contribution in [3.63, 3.8) is 0 Å².